The lowest BCUT2D eigenvalue weighted by atomic mass is 10.1. The number of anilines is 1. The predicted molar refractivity (Wildman–Crippen MR) is 81.1 cm³/mol. The van der Waals surface area contributed by atoms with Crippen LogP contribution in [0.3, 0.4) is 0 Å². The average molecular weight is 369 g/mol. The first-order chi connectivity index (χ1) is 9.10. The molecule has 0 aliphatic rings. The molecule has 3 N–H and O–H groups in total. The van der Waals surface area contributed by atoms with E-state index >= 15 is 0 Å². The van der Waals surface area contributed by atoms with E-state index in [9.17, 15) is 9.90 Å². The van der Waals surface area contributed by atoms with Crippen LogP contribution in [0.4, 0.5) is 5.69 Å². The smallest absolute Gasteiger partial charge is 0.259 e. The lowest BCUT2D eigenvalue weighted by Crippen LogP contribution is -2.12. The van der Waals surface area contributed by atoms with Gasteiger partial charge in [0, 0.05) is 9.26 Å². The molecule has 2 aromatic rings. The predicted octanol–water partition coefficient (Wildman–Crippen LogP) is 2.74. The van der Waals surface area contributed by atoms with Gasteiger partial charge in [0.1, 0.15) is 5.75 Å². The normalized spacial score (nSPS) is 10.2. The number of aliphatic hydroxyl groups is 1. The van der Waals surface area contributed by atoms with Crippen molar-refractivity contribution >= 4 is 34.2 Å². The van der Waals surface area contributed by atoms with E-state index in [1.165, 1.54) is 6.07 Å². The van der Waals surface area contributed by atoms with Crippen LogP contribution in [0.15, 0.2) is 42.5 Å². The number of benzene rings is 2. The first kappa shape index (κ1) is 13.8. The van der Waals surface area contributed by atoms with Gasteiger partial charge in [0.15, 0.2) is 0 Å². The van der Waals surface area contributed by atoms with Crippen LogP contribution in [0.1, 0.15) is 15.9 Å². The van der Waals surface area contributed by atoms with Crippen LogP contribution < -0.4 is 5.32 Å². The second-order valence-corrected chi connectivity index (χ2v) is 5.22. The quantitative estimate of drug-likeness (QED) is 0.729. The monoisotopic (exact) mass is 369 g/mol. The molecular formula is C14H12INO3. The van der Waals surface area contributed by atoms with E-state index in [4.69, 9.17) is 5.11 Å². The molecule has 2 aromatic carbocycles. The van der Waals surface area contributed by atoms with Crippen molar-refractivity contribution in [2.24, 2.45) is 0 Å². The average Bonchev–Trinajstić information content (AvgIpc) is 2.42. The van der Waals surface area contributed by atoms with Crippen LogP contribution in [0.5, 0.6) is 5.75 Å². The number of hydrogen-bond donors (Lipinski definition) is 3. The highest BCUT2D eigenvalue weighted by molar-refractivity contribution is 14.1. The Balaban J connectivity index is 2.18. The second-order valence-electron chi connectivity index (χ2n) is 3.97. The third-order valence-electron chi connectivity index (χ3n) is 2.60. The Morgan fingerprint density at radius 2 is 1.84 bits per heavy atom. The van der Waals surface area contributed by atoms with Gasteiger partial charge in [-0.15, -0.1) is 0 Å². The Morgan fingerprint density at radius 3 is 2.47 bits per heavy atom. The van der Waals surface area contributed by atoms with E-state index in [-0.39, 0.29) is 23.8 Å². The molecule has 4 nitrogen and oxygen atoms in total. The molecule has 98 valence electrons. The highest BCUT2D eigenvalue weighted by Gasteiger charge is 2.11. The Bertz CT molecular complexity index is 596. The maximum Gasteiger partial charge on any atom is 0.259 e. The molecule has 0 spiro atoms. The first-order valence-electron chi connectivity index (χ1n) is 5.60. The minimum atomic E-state index is -0.368. The molecular weight excluding hydrogens is 357 g/mol. The highest BCUT2D eigenvalue weighted by Crippen LogP contribution is 2.21. The first-order valence-corrected chi connectivity index (χ1v) is 6.67. The third kappa shape index (κ3) is 3.45. The summed E-state index contributed by atoms with van der Waals surface area (Å²) >= 11 is 2.08. The number of hydrogen-bond acceptors (Lipinski definition) is 3. The van der Waals surface area contributed by atoms with E-state index < -0.39 is 0 Å². The van der Waals surface area contributed by atoms with Crippen molar-refractivity contribution in [3.8, 4) is 5.75 Å². The van der Waals surface area contributed by atoms with E-state index in [2.05, 4.69) is 27.9 Å². The number of phenolic OH excluding ortho intramolecular Hbond substituents is 1. The second kappa shape index (κ2) is 6.03. The number of carbonyl (C=O) groups excluding carboxylic acids is 1. The molecule has 0 saturated carbocycles. The van der Waals surface area contributed by atoms with Crippen molar-refractivity contribution in [3.63, 3.8) is 0 Å². The summed E-state index contributed by atoms with van der Waals surface area (Å²) in [6.45, 7) is -0.0358. The number of rotatable bonds is 3. The number of phenols is 1. The molecule has 0 bridgehead atoms. The molecule has 19 heavy (non-hydrogen) atoms. The minimum Gasteiger partial charge on any atom is -0.507 e. The standard InChI is InChI=1S/C14H12INO3/c15-10-3-6-13(18)12(7-10)14(19)16-11-4-1-9(8-17)2-5-11/h1-7,17-18H,8H2,(H,16,19). The van der Waals surface area contributed by atoms with Crippen LogP contribution in [0, 0.1) is 3.57 Å². The summed E-state index contributed by atoms with van der Waals surface area (Å²) in [7, 11) is 0. The van der Waals surface area contributed by atoms with E-state index in [1.807, 2.05) is 0 Å². The van der Waals surface area contributed by atoms with Gasteiger partial charge < -0.3 is 15.5 Å². The van der Waals surface area contributed by atoms with Gasteiger partial charge in [0.25, 0.3) is 5.91 Å². The largest absolute Gasteiger partial charge is 0.507 e. The lowest BCUT2D eigenvalue weighted by Gasteiger charge is -2.07. The summed E-state index contributed by atoms with van der Waals surface area (Å²) in [4.78, 5) is 12.0. The van der Waals surface area contributed by atoms with Gasteiger partial charge in [0.05, 0.1) is 12.2 Å². The number of nitrogens with one attached hydrogen (secondary N) is 1. The number of halogens is 1. The fourth-order valence-electron chi connectivity index (χ4n) is 1.58. The van der Waals surface area contributed by atoms with Crippen LogP contribution in [0.2, 0.25) is 0 Å². The van der Waals surface area contributed by atoms with Crippen molar-refractivity contribution in [1.82, 2.24) is 0 Å². The molecule has 0 radical (unpaired) electrons. The summed E-state index contributed by atoms with van der Waals surface area (Å²) in [5.41, 5.74) is 1.62. The highest BCUT2D eigenvalue weighted by atomic mass is 127. The summed E-state index contributed by atoms with van der Waals surface area (Å²) in [5.74, 6) is -0.419. The molecule has 0 unspecified atom stereocenters. The van der Waals surface area contributed by atoms with Gasteiger partial charge in [-0.05, 0) is 58.5 Å². The number of aromatic hydroxyl groups is 1. The number of amides is 1. The Hall–Kier alpha value is -1.60. The molecule has 5 heteroatoms. The van der Waals surface area contributed by atoms with Crippen molar-refractivity contribution in [2.45, 2.75) is 6.61 Å². The summed E-state index contributed by atoms with van der Waals surface area (Å²) in [6, 6.07) is 11.7. The van der Waals surface area contributed by atoms with Crippen LogP contribution in [-0.2, 0) is 6.61 Å². The summed E-state index contributed by atoms with van der Waals surface area (Å²) < 4.78 is 0.871. The van der Waals surface area contributed by atoms with Gasteiger partial charge in [-0.2, -0.15) is 0 Å². The molecule has 0 saturated heterocycles. The van der Waals surface area contributed by atoms with Gasteiger partial charge in [-0.3, -0.25) is 4.79 Å². The van der Waals surface area contributed by atoms with Crippen molar-refractivity contribution in [2.75, 3.05) is 5.32 Å². The van der Waals surface area contributed by atoms with E-state index in [0.717, 1.165) is 9.13 Å². The Morgan fingerprint density at radius 1 is 1.16 bits per heavy atom. The molecule has 2 rings (SSSR count). The zero-order chi connectivity index (χ0) is 13.8. The number of carbonyl (C=O) groups is 1. The SMILES string of the molecule is O=C(Nc1ccc(CO)cc1)c1cc(I)ccc1O. The molecule has 0 heterocycles. The Kier molecular flexibility index (Phi) is 4.39. The number of aliphatic hydroxyl groups excluding tert-OH is 1. The van der Waals surface area contributed by atoms with Crippen LogP contribution in [0.25, 0.3) is 0 Å². The van der Waals surface area contributed by atoms with Crippen LogP contribution >= 0.6 is 22.6 Å². The van der Waals surface area contributed by atoms with Gasteiger partial charge in [0.2, 0.25) is 0 Å². The fourth-order valence-corrected chi connectivity index (χ4v) is 2.07. The van der Waals surface area contributed by atoms with Gasteiger partial charge in [-0.1, -0.05) is 12.1 Å². The van der Waals surface area contributed by atoms with Crippen molar-refractivity contribution in [1.29, 1.82) is 0 Å². The fraction of sp³-hybridized carbons (Fsp3) is 0.0714. The zero-order valence-corrected chi connectivity index (χ0v) is 12.1. The van der Waals surface area contributed by atoms with Gasteiger partial charge in [-0.25, -0.2) is 0 Å². The topological polar surface area (TPSA) is 69.6 Å². The maximum atomic E-state index is 12.0. The summed E-state index contributed by atoms with van der Waals surface area (Å²) in [6.07, 6.45) is 0. The van der Waals surface area contributed by atoms with E-state index in [1.54, 1.807) is 36.4 Å². The summed E-state index contributed by atoms with van der Waals surface area (Å²) in [5, 5.41) is 21.3. The van der Waals surface area contributed by atoms with Crippen molar-refractivity contribution in [3.05, 3.63) is 57.2 Å². The maximum absolute atomic E-state index is 12.0. The zero-order valence-electron chi connectivity index (χ0n) is 9.93. The minimum absolute atomic E-state index is 0.0358. The molecule has 0 atom stereocenters. The van der Waals surface area contributed by atoms with E-state index in [0.29, 0.717) is 5.69 Å². The Labute approximate surface area is 124 Å². The molecule has 1 amide bonds. The molecule has 0 aliphatic carbocycles. The van der Waals surface area contributed by atoms with Crippen LogP contribution in [-0.4, -0.2) is 16.1 Å². The van der Waals surface area contributed by atoms with Gasteiger partial charge >= 0.3 is 0 Å². The molecule has 0 aromatic heterocycles. The molecule has 0 fully saturated rings. The lowest BCUT2D eigenvalue weighted by molar-refractivity contribution is 0.102. The van der Waals surface area contributed by atoms with Crippen molar-refractivity contribution < 1.29 is 15.0 Å². The third-order valence-corrected chi connectivity index (χ3v) is 3.27. The molecule has 0 aliphatic heterocycles.